The van der Waals surface area contributed by atoms with Gasteiger partial charge in [0.1, 0.15) is 0 Å². The van der Waals surface area contributed by atoms with Crippen molar-refractivity contribution in [2.75, 3.05) is 0 Å². The molecular formula is C40H39F3Zr. The van der Waals surface area contributed by atoms with E-state index in [2.05, 4.69) is 96.2 Å². The van der Waals surface area contributed by atoms with E-state index in [0.29, 0.717) is 5.56 Å². The van der Waals surface area contributed by atoms with Crippen molar-refractivity contribution in [3.05, 3.63) is 149 Å². The third kappa shape index (κ3) is 8.69. The summed E-state index contributed by atoms with van der Waals surface area (Å²) in [6.45, 7) is 13.7. The number of hydrogen-bond donors (Lipinski definition) is 0. The van der Waals surface area contributed by atoms with Crippen LogP contribution in [-0.2, 0) is 41.2 Å². The van der Waals surface area contributed by atoms with E-state index < -0.39 is 11.7 Å². The summed E-state index contributed by atoms with van der Waals surface area (Å²) in [7, 11) is 0. The minimum absolute atomic E-state index is 0.194. The van der Waals surface area contributed by atoms with E-state index in [-0.39, 0.29) is 10.8 Å². The summed E-state index contributed by atoms with van der Waals surface area (Å²) in [6, 6.07) is 31.1. The summed E-state index contributed by atoms with van der Waals surface area (Å²) in [5.41, 5.74) is 4.20. The van der Waals surface area contributed by atoms with Crippen molar-refractivity contribution in [2.45, 2.75) is 65.0 Å². The molecule has 0 bridgehead atoms. The monoisotopic (exact) mass is 666 g/mol. The van der Waals surface area contributed by atoms with Crippen LogP contribution < -0.4 is 0 Å². The Labute approximate surface area is 275 Å². The first-order valence-electron chi connectivity index (χ1n) is 14.8. The van der Waals surface area contributed by atoms with E-state index in [4.69, 9.17) is 0 Å². The fourth-order valence-electron chi connectivity index (χ4n) is 4.89. The van der Waals surface area contributed by atoms with Gasteiger partial charge in [0.2, 0.25) is 0 Å². The Hall–Kier alpha value is -3.23. The van der Waals surface area contributed by atoms with Crippen molar-refractivity contribution >= 4 is 24.8 Å². The summed E-state index contributed by atoms with van der Waals surface area (Å²) in [5.74, 6) is 0. The van der Waals surface area contributed by atoms with Crippen molar-refractivity contribution in [2.24, 2.45) is 0 Å². The molecule has 224 valence electrons. The smallest absolute Gasteiger partial charge is 0.109 e. The number of benzene rings is 4. The van der Waals surface area contributed by atoms with Gasteiger partial charge in [-0.05, 0) is 10.8 Å². The summed E-state index contributed by atoms with van der Waals surface area (Å²) in [4.78, 5) is 0. The van der Waals surface area contributed by atoms with Gasteiger partial charge in [-0.1, -0.05) is 76.9 Å². The van der Waals surface area contributed by atoms with Crippen LogP contribution in [0.25, 0.3) is 21.5 Å². The summed E-state index contributed by atoms with van der Waals surface area (Å²) in [5, 5.41) is 5.49. The van der Waals surface area contributed by atoms with E-state index >= 15 is 0 Å². The first-order valence-corrected chi connectivity index (χ1v) is 16.0. The Morgan fingerprint density at radius 3 is 1.64 bits per heavy atom. The first kappa shape index (κ1) is 33.7. The third-order valence-corrected chi connectivity index (χ3v) is 8.99. The molecule has 44 heavy (non-hydrogen) atoms. The Kier molecular flexibility index (Phi) is 10.6. The van der Waals surface area contributed by atoms with E-state index in [1.54, 1.807) is 6.07 Å². The zero-order valence-electron chi connectivity index (χ0n) is 26.3. The minimum atomic E-state index is -4.29. The fourth-order valence-corrected chi connectivity index (χ4v) is 5.69. The maximum Gasteiger partial charge on any atom is -0.109 e. The van der Waals surface area contributed by atoms with Crippen LogP contribution in [0.4, 0.5) is 13.2 Å². The van der Waals surface area contributed by atoms with Crippen LogP contribution in [0, 0.1) is 6.08 Å². The Morgan fingerprint density at radius 2 is 1.20 bits per heavy atom. The van der Waals surface area contributed by atoms with Crippen LogP contribution in [0.1, 0.15) is 75.8 Å². The van der Waals surface area contributed by atoms with Crippen LogP contribution in [0.5, 0.6) is 0 Å². The van der Waals surface area contributed by atoms with Crippen molar-refractivity contribution < 1.29 is 37.4 Å². The molecule has 5 aromatic carbocycles. The van der Waals surface area contributed by atoms with Crippen molar-refractivity contribution in [3.63, 3.8) is 0 Å². The number of alkyl halides is 3. The van der Waals surface area contributed by atoms with Gasteiger partial charge in [-0.15, -0.1) is 46.2 Å². The van der Waals surface area contributed by atoms with Gasteiger partial charge in [-0.2, -0.15) is 6.08 Å². The molecule has 0 fully saturated rings. The topological polar surface area (TPSA) is 0 Å². The summed E-state index contributed by atoms with van der Waals surface area (Å²) in [6.07, 6.45) is 5.71. The molecule has 0 saturated heterocycles. The van der Waals surface area contributed by atoms with Crippen LogP contribution in [0.3, 0.4) is 0 Å². The Morgan fingerprint density at radius 1 is 0.659 bits per heavy atom. The van der Waals surface area contributed by atoms with Crippen molar-refractivity contribution in [1.29, 1.82) is 0 Å². The van der Waals surface area contributed by atoms with Gasteiger partial charge in [0.05, 0.1) is 0 Å². The molecule has 0 N–H and O–H groups in total. The molecular weight excluding hydrogens is 629 g/mol. The second kappa shape index (κ2) is 13.8. The number of rotatable bonds is 2. The van der Waals surface area contributed by atoms with Gasteiger partial charge in [0.15, 0.2) is 0 Å². The molecule has 0 amide bonds. The van der Waals surface area contributed by atoms with Crippen LogP contribution in [-0.4, -0.2) is 3.21 Å². The van der Waals surface area contributed by atoms with Gasteiger partial charge in [-0.25, -0.2) is 12.2 Å². The number of hydrogen-bond acceptors (Lipinski definition) is 0. The molecule has 0 saturated carbocycles. The van der Waals surface area contributed by atoms with E-state index in [1.807, 2.05) is 42.5 Å². The molecule has 1 aliphatic carbocycles. The summed E-state index contributed by atoms with van der Waals surface area (Å²) >= 11 is 1.09. The van der Waals surface area contributed by atoms with E-state index in [0.717, 1.165) is 45.5 Å². The number of fused-ring (bicyclic) bond motifs is 3. The second-order valence-electron chi connectivity index (χ2n) is 13.1. The molecule has 1 aliphatic rings. The van der Waals surface area contributed by atoms with Crippen molar-refractivity contribution in [3.8, 4) is 0 Å². The first-order chi connectivity index (χ1) is 20.6. The minimum Gasteiger partial charge on any atom is -0.273 e. The Bertz CT molecular complexity index is 1710. The molecule has 0 spiro atoms. The van der Waals surface area contributed by atoms with Crippen LogP contribution in [0.2, 0.25) is 0 Å². The Balaban J connectivity index is 0.000000175. The number of allylic oxidation sites excluding steroid dienone is 4. The van der Waals surface area contributed by atoms with Crippen molar-refractivity contribution in [1.82, 2.24) is 0 Å². The zero-order valence-corrected chi connectivity index (χ0v) is 28.8. The molecule has 4 heteroatoms. The quantitative estimate of drug-likeness (QED) is 0.164. The molecule has 0 heterocycles. The predicted molar refractivity (Wildman–Crippen MR) is 177 cm³/mol. The van der Waals surface area contributed by atoms with Gasteiger partial charge in [0.25, 0.3) is 0 Å². The van der Waals surface area contributed by atoms with Gasteiger partial charge < -0.3 is 0 Å². The second-order valence-corrected chi connectivity index (χ2v) is 14.3. The molecule has 0 radical (unpaired) electrons. The standard InChI is InChI=1S/C21H25.C14H9F3.C5H5.Zr/c1-20(2,3)16-9-7-14-11-15-8-10-17(21(4,5)6)13-19(15)18(14)12-16;15-14(16,17)13-8-4-7-12(10-13)9-11-5-2-1-3-6-11;1-2-4-5-3-1;/h7-13H,1-6H3;1-8,10H;1-3H,4H2;/q-1;;-1;+2. The SMILES string of the molecule is CC(C)(C)c1ccc2[cH-]c3ccc(C(C)(C)C)cc3c2c1.FC(F)(F)c1cccc([C](=[Zr+2])c2ccccc2)c1.[C-]1=CC=CC1. The zero-order chi connectivity index (χ0) is 32.1. The molecule has 6 rings (SSSR count). The molecule has 0 nitrogen and oxygen atoms in total. The van der Waals surface area contributed by atoms with Gasteiger partial charge in [0, 0.05) is 0 Å². The average molecular weight is 668 g/mol. The fraction of sp³-hybridized carbons (Fsp3) is 0.250. The summed E-state index contributed by atoms with van der Waals surface area (Å²) < 4.78 is 38.8. The van der Waals surface area contributed by atoms with Crippen LogP contribution in [0.15, 0.2) is 115 Å². The number of halogens is 3. The van der Waals surface area contributed by atoms with Crippen LogP contribution >= 0.6 is 0 Å². The maximum atomic E-state index is 12.6. The third-order valence-electron chi connectivity index (χ3n) is 7.57. The van der Waals surface area contributed by atoms with Gasteiger partial charge >= 0.3 is 118 Å². The largest absolute Gasteiger partial charge is 0.273 e. The molecule has 0 aromatic heterocycles. The predicted octanol–water partition coefficient (Wildman–Crippen LogP) is 11.4. The normalized spacial score (nSPS) is 13.0. The molecule has 0 atom stereocenters. The van der Waals surface area contributed by atoms with E-state index in [9.17, 15) is 13.2 Å². The van der Waals surface area contributed by atoms with Gasteiger partial charge in [-0.3, -0.25) is 6.08 Å². The molecule has 0 unspecified atom stereocenters. The molecule has 0 aliphatic heterocycles. The van der Waals surface area contributed by atoms with E-state index in [1.165, 1.54) is 44.8 Å². The average Bonchev–Trinajstić information content (AvgIpc) is 3.68. The molecule has 5 aromatic rings. The maximum absolute atomic E-state index is 12.6.